The Morgan fingerprint density at radius 1 is 1.17 bits per heavy atom. The lowest BCUT2D eigenvalue weighted by atomic mass is 10.2. The van der Waals surface area contributed by atoms with Gasteiger partial charge in [-0.2, -0.15) is 10.1 Å². The van der Waals surface area contributed by atoms with Gasteiger partial charge in [-0.25, -0.2) is 15.4 Å². The van der Waals surface area contributed by atoms with E-state index >= 15 is 0 Å². The highest BCUT2D eigenvalue weighted by Gasteiger charge is 2.32. The molecule has 3 aromatic heterocycles. The highest BCUT2D eigenvalue weighted by molar-refractivity contribution is 5.81. The molecular weight excluding hydrogens is 461 g/mol. The van der Waals surface area contributed by atoms with Crippen molar-refractivity contribution in [2.75, 3.05) is 0 Å². The second kappa shape index (κ2) is 9.74. The predicted octanol–water partition coefficient (Wildman–Crippen LogP) is 4.40. The van der Waals surface area contributed by atoms with Gasteiger partial charge in [-0.3, -0.25) is 9.08 Å². The Hall–Kier alpha value is -3.93. The molecule has 0 saturated heterocycles. The number of nitrogens with one attached hydrogen (secondary N) is 2. The summed E-state index contributed by atoms with van der Waals surface area (Å²) in [6, 6.07) is 8.00. The van der Waals surface area contributed by atoms with Gasteiger partial charge < -0.3 is 10.2 Å². The Labute approximate surface area is 199 Å². The Kier molecular flexibility index (Phi) is 6.74. The second-order valence-electron chi connectivity index (χ2n) is 8.26. The third-order valence-corrected chi connectivity index (χ3v) is 4.82. The molecule has 1 aromatic carbocycles. The molecular formula is C23H25F3N8O. The average molecular weight is 487 g/mol. The first-order valence-corrected chi connectivity index (χ1v) is 10.9. The van der Waals surface area contributed by atoms with Crippen LogP contribution < -0.4 is 15.6 Å². The number of ether oxygens (including phenoxy) is 1. The number of fused-ring (bicyclic) bond motifs is 1. The number of para-hydroxylation sites is 1. The number of hydrazine groups is 1. The van der Waals surface area contributed by atoms with Crippen LogP contribution in [0.5, 0.6) is 5.75 Å². The molecule has 4 rings (SSSR count). The molecule has 0 radical (unpaired) electrons. The van der Waals surface area contributed by atoms with Crippen LogP contribution in [0.3, 0.4) is 0 Å². The number of aryl methyl sites for hydroxylation is 1. The van der Waals surface area contributed by atoms with E-state index in [1.807, 2.05) is 40.0 Å². The Bertz CT molecular complexity index is 1360. The van der Waals surface area contributed by atoms with Gasteiger partial charge in [0.05, 0.1) is 24.1 Å². The van der Waals surface area contributed by atoms with Crippen LogP contribution in [0, 0.1) is 6.92 Å². The van der Waals surface area contributed by atoms with Crippen molar-refractivity contribution in [3.63, 3.8) is 0 Å². The molecule has 3 heterocycles. The summed E-state index contributed by atoms with van der Waals surface area (Å²) in [6.07, 6.45) is 0.370. The number of imidazole rings is 1. The Morgan fingerprint density at radius 3 is 2.69 bits per heavy atom. The van der Waals surface area contributed by atoms with Gasteiger partial charge in [-0.1, -0.05) is 18.2 Å². The van der Waals surface area contributed by atoms with Crippen molar-refractivity contribution < 1.29 is 17.9 Å². The van der Waals surface area contributed by atoms with E-state index in [1.165, 1.54) is 16.8 Å². The number of aliphatic imine (C=N–C) groups is 1. The predicted molar refractivity (Wildman–Crippen MR) is 125 cm³/mol. The smallest absolute Gasteiger partial charge is 0.405 e. The van der Waals surface area contributed by atoms with Gasteiger partial charge in [-0.05, 0) is 33.8 Å². The fourth-order valence-electron chi connectivity index (χ4n) is 3.36. The number of nitrogens with zero attached hydrogens (tertiary/aromatic N) is 6. The zero-order valence-corrected chi connectivity index (χ0v) is 19.6. The molecule has 0 aliphatic carbocycles. The number of benzene rings is 1. The Balaban J connectivity index is 1.64. The molecule has 2 N–H and O–H groups in total. The molecule has 0 aliphatic heterocycles. The standard InChI is InChI=1S/C23H25F3N8O/c1-14(2)31-32-16(4)29-22-30-19(9-21-28-15(3)11-34(21)22)18-10-27-33(13-18)12-17-7-5-6-8-20(17)35-23(24,25)26/h5-11,13-14,31H,12H2,1-4H3,(H,29,30,32). The number of hydrogen-bond acceptors (Lipinski definition) is 6. The van der Waals surface area contributed by atoms with Gasteiger partial charge in [0.25, 0.3) is 0 Å². The van der Waals surface area contributed by atoms with Gasteiger partial charge in [0.1, 0.15) is 17.2 Å². The SMILES string of the molecule is C/C(=N\c1nc(-c2cnn(Cc3ccccc3OC(F)(F)F)c2)cc2nc(C)cn12)NNC(C)C. The monoisotopic (exact) mass is 486 g/mol. The van der Waals surface area contributed by atoms with Gasteiger partial charge in [0.15, 0.2) is 0 Å². The molecule has 184 valence electrons. The minimum Gasteiger partial charge on any atom is -0.405 e. The molecule has 0 amide bonds. The fraction of sp³-hybridized carbons (Fsp3) is 0.304. The first kappa shape index (κ1) is 24.2. The topological polar surface area (TPSA) is 93.7 Å². The van der Waals surface area contributed by atoms with Crippen LogP contribution in [0.15, 0.2) is 53.9 Å². The summed E-state index contributed by atoms with van der Waals surface area (Å²) in [5, 5.41) is 4.30. The van der Waals surface area contributed by atoms with E-state index in [2.05, 4.69) is 35.6 Å². The van der Waals surface area contributed by atoms with E-state index in [-0.39, 0.29) is 18.3 Å². The first-order chi connectivity index (χ1) is 16.6. The summed E-state index contributed by atoms with van der Waals surface area (Å²) >= 11 is 0. The molecule has 0 aliphatic rings. The van der Waals surface area contributed by atoms with Crippen molar-refractivity contribution in [2.24, 2.45) is 4.99 Å². The van der Waals surface area contributed by atoms with E-state index in [0.717, 1.165) is 5.69 Å². The van der Waals surface area contributed by atoms with Crippen molar-refractivity contribution >= 4 is 17.4 Å². The minimum atomic E-state index is -4.78. The van der Waals surface area contributed by atoms with Crippen LogP contribution in [0.1, 0.15) is 32.0 Å². The van der Waals surface area contributed by atoms with Crippen LogP contribution in [-0.4, -0.2) is 42.4 Å². The van der Waals surface area contributed by atoms with Crippen LogP contribution >= 0.6 is 0 Å². The van der Waals surface area contributed by atoms with E-state index < -0.39 is 6.36 Å². The maximum atomic E-state index is 12.8. The lowest BCUT2D eigenvalue weighted by molar-refractivity contribution is -0.274. The summed E-state index contributed by atoms with van der Waals surface area (Å²) < 4.78 is 45.7. The third kappa shape index (κ3) is 6.15. The zero-order valence-electron chi connectivity index (χ0n) is 19.6. The zero-order chi connectivity index (χ0) is 25.2. The lowest BCUT2D eigenvalue weighted by Gasteiger charge is -2.13. The Morgan fingerprint density at radius 2 is 1.94 bits per heavy atom. The molecule has 0 fully saturated rings. The number of rotatable bonds is 7. The van der Waals surface area contributed by atoms with Crippen LogP contribution in [0.4, 0.5) is 19.1 Å². The normalized spacial score (nSPS) is 12.5. The number of alkyl halides is 3. The van der Waals surface area contributed by atoms with Crippen molar-refractivity contribution in [3.05, 3.63) is 60.2 Å². The maximum absolute atomic E-state index is 12.8. The van der Waals surface area contributed by atoms with Crippen LogP contribution in [0.25, 0.3) is 16.9 Å². The summed E-state index contributed by atoms with van der Waals surface area (Å²) in [6.45, 7) is 7.79. The van der Waals surface area contributed by atoms with E-state index in [0.29, 0.717) is 34.3 Å². The molecule has 0 spiro atoms. The molecule has 0 bridgehead atoms. The van der Waals surface area contributed by atoms with Gasteiger partial charge in [0, 0.05) is 35.6 Å². The summed E-state index contributed by atoms with van der Waals surface area (Å²) in [4.78, 5) is 13.8. The molecule has 0 saturated carbocycles. The van der Waals surface area contributed by atoms with Gasteiger partial charge in [0.2, 0.25) is 5.95 Å². The maximum Gasteiger partial charge on any atom is 0.573 e. The van der Waals surface area contributed by atoms with Gasteiger partial charge in [-0.15, -0.1) is 13.2 Å². The van der Waals surface area contributed by atoms with Crippen molar-refractivity contribution in [2.45, 2.75) is 46.6 Å². The first-order valence-electron chi connectivity index (χ1n) is 10.9. The third-order valence-electron chi connectivity index (χ3n) is 4.82. The number of aromatic nitrogens is 5. The fourth-order valence-corrected chi connectivity index (χ4v) is 3.36. The lowest BCUT2D eigenvalue weighted by Crippen LogP contribution is -2.40. The molecule has 9 nitrogen and oxygen atoms in total. The second-order valence-corrected chi connectivity index (χ2v) is 8.26. The van der Waals surface area contributed by atoms with Crippen LogP contribution in [0.2, 0.25) is 0 Å². The number of amidine groups is 1. The largest absolute Gasteiger partial charge is 0.573 e. The van der Waals surface area contributed by atoms with Crippen molar-refractivity contribution in [3.8, 4) is 17.0 Å². The average Bonchev–Trinajstić information content (AvgIpc) is 3.38. The van der Waals surface area contributed by atoms with Crippen molar-refractivity contribution in [1.82, 2.24) is 35.0 Å². The minimum absolute atomic E-state index is 0.0892. The van der Waals surface area contributed by atoms with E-state index in [1.54, 1.807) is 28.9 Å². The summed E-state index contributed by atoms with van der Waals surface area (Å²) in [7, 11) is 0. The molecule has 0 unspecified atom stereocenters. The summed E-state index contributed by atoms with van der Waals surface area (Å²) in [5.74, 6) is 0.775. The number of halogens is 3. The van der Waals surface area contributed by atoms with Gasteiger partial charge >= 0.3 is 6.36 Å². The van der Waals surface area contributed by atoms with Crippen LogP contribution in [-0.2, 0) is 6.54 Å². The number of hydrogen-bond donors (Lipinski definition) is 2. The van der Waals surface area contributed by atoms with E-state index in [4.69, 9.17) is 0 Å². The highest BCUT2D eigenvalue weighted by Crippen LogP contribution is 2.28. The van der Waals surface area contributed by atoms with E-state index in [9.17, 15) is 13.2 Å². The quantitative estimate of drug-likeness (QED) is 0.229. The highest BCUT2D eigenvalue weighted by atomic mass is 19.4. The summed E-state index contributed by atoms with van der Waals surface area (Å²) in [5.41, 5.74) is 9.18. The van der Waals surface area contributed by atoms with Crippen molar-refractivity contribution in [1.29, 1.82) is 0 Å². The molecule has 12 heteroatoms. The molecule has 0 atom stereocenters. The molecule has 35 heavy (non-hydrogen) atoms. The molecule has 4 aromatic rings.